The molecule has 16 heavy (non-hydrogen) atoms. The van der Waals surface area contributed by atoms with E-state index in [9.17, 15) is 0 Å². The molecule has 0 aliphatic rings. The molecule has 0 aliphatic heterocycles. The Morgan fingerprint density at radius 1 is 1.25 bits per heavy atom. The molecule has 0 atom stereocenters. The lowest BCUT2D eigenvalue weighted by atomic mass is 9.82. The van der Waals surface area contributed by atoms with E-state index in [-0.39, 0.29) is 5.41 Å². The van der Waals surface area contributed by atoms with Crippen LogP contribution in [0.5, 0.6) is 0 Å². The summed E-state index contributed by atoms with van der Waals surface area (Å²) >= 11 is 4.93. The smallest absolute Gasteiger partial charge is 0.180 e. The zero-order valence-corrected chi connectivity index (χ0v) is 11.6. The summed E-state index contributed by atoms with van der Waals surface area (Å²) in [5, 5.41) is 2.65. The second-order valence-corrected chi connectivity index (χ2v) is 6.01. The number of anilines is 1. The summed E-state index contributed by atoms with van der Waals surface area (Å²) in [5.74, 6) is 0. The van der Waals surface area contributed by atoms with E-state index in [2.05, 4.69) is 46.9 Å². The Kier molecular flexibility index (Phi) is 3.04. The first-order valence-corrected chi connectivity index (χ1v) is 6.65. The third-order valence-electron chi connectivity index (χ3n) is 2.73. The molecule has 1 aromatic heterocycles. The number of thiazole rings is 1. The predicted octanol–water partition coefficient (Wildman–Crippen LogP) is 3.81. The average Bonchev–Trinajstić information content (AvgIpc) is 2.66. The van der Waals surface area contributed by atoms with Gasteiger partial charge in [0.2, 0.25) is 0 Å². The normalized spacial score (nSPS) is 11.7. The van der Waals surface area contributed by atoms with Gasteiger partial charge >= 0.3 is 0 Å². The molecule has 4 heteroatoms. The number of halogens is 1. The molecule has 2 aromatic rings. The van der Waals surface area contributed by atoms with E-state index in [0.29, 0.717) is 5.13 Å². The summed E-state index contributed by atoms with van der Waals surface area (Å²) in [6.07, 6.45) is 0. The molecule has 0 unspecified atom stereocenters. The highest BCUT2D eigenvalue weighted by molar-refractivity contribution is 9.10. The van der Waals surface area contributed by atoms with E-state index in [0.717, 1.165) is 10.2 Å². The summed E-state index contributed by atoms with van der Waals surface area (Å²) in [4.78, 5) is 4.37. The molecular weight excluding hydrogens is 284 g/mol. The average molecular weight is 297 g/mol. The number of nitrogen functional groups attached to an aromatic ring is 1. The summed E-state index contributed by atoms with van der Waals surface area (Å²) in [5.41, 5.74) is 7.84. The van der Waals surface area contributed by atoms with Crippen LogP contribution in [0.15, 0.2) is 34.1 Å². The number of rotatable bonds is 2. The van der Waals surface area contributed by atoms with Gasteiger partial charge in [0.25, 0.3) is 0 Å². The van der Waals surface area contributed by atoms with E-state index in [1.165, 1.54) is 16.9 Å². The zero-order valence-electron chi connectivity index (χ0n) is 9.20. The SMILES string of the molecule is CC(C)(c1ccc(Br)cc1)c1csc(N)n1. The maximum absolute atomic E-state index is 5.68. The van der Waals surface area contributed by atoms with Crippen LogP contribution in [0.1, 0.15) is 25.1 Å². The van der Waals surface area contributed by atoms with Gasteiger partial charge < -0.3 is 5.73 Å². The van der Waals surface area contributed by atoms with E-state index in [1.807, 2.05) is 17.5 Å². The largest absolute Gasteiger partial charge is 0.375 e. The van der Waals surface area contributed by atoms with E-state index >= 15 is 0 Å². The Morgan fingerprint density at radius 2 is 1.88 bits per heavy atom. The second kappa shape index (κ2) is 4.18. The van der Waals surface area contributed by atoms with Gasteiger partial charge in [-0.1, -0.05) is 41.9 Å². The van der Waals surface area contributed by atoms with Crippen molar-refractivity contribution >= 4 is 32.4 Å². The minimum Gasteiger partial charge on any atom is -0.375 e. The minimum atomic E-state index is -0.102. The summed E-state index contributed by atoms with van der Waals surface area (Å²) in [6.45, 7) is 4.31. The van der Waals surface area contributed by atoms with Crippen molar-refractivity contribution in [3.8, 4) is 0 Å². The summed E-state index contributed by atoms with van der Waals surface area (Å²) in [7, 11) is 0. The molecule has 0 bridgehead atoms. The second-order valence-electron chi connectivity index (χ2n) is 4.20. The third kappa shape index (κ3) is 2.13. The van der Waals surface area contributed by atoms with Gasteiger partial charge in [-0.3, -0.25) is 0 Å². The van der Waals surface area contributed by atoms with Crippen molar-refractivity contribution in [3.63, 3.8) is 0 Å². The molecule has 2 N–H and O–H groups in total. The topological polar surface area (TPSA) is 38.9 Å². The van der Waals surface area contributed by atoms with Crippen LogP contribution in [0.2, 0.25) is 0 Å². The Bertz CT molecular complexity index is 488. The van der Waals surface area contributed by atoms with Gasteiger partial charge in [0, 0.05) is 15.3 Å². The Balaban J connectivity index is 2.42. The maximum Gasteiger partial charge on any atom is 0.180 e. The van der Waals surface area contributed by atoms with Crippen molar-refractivity contribution < 1.29 is 0 Å². The lowest BCUT2D eigenvalue weighted by Gasteiger charge is -2.23. The number of aromatic nitrogens is 1. The van der Waals surface area contributed by atoms with Crippen molar-refractivity contribution in [1.29, 1.82) is 0 Å². The van der Waals surface area contributed by atoms with E-state index in [4.69, 9.17) is 5.73 Å². The fraction of sp³-hybridized carbons (Fsp3) is 0.250. The van der Waals surface area contributed by atoms with Gasteiger partial charge in [0.15, 0.2) is 5.13 Å². The van der Waals surface area contributed by atoms with Crippen LogP contribution in [0.25, 0.3) is 0 Å². The van der Waals surface area contributed by atoms with Crippen LogP contribution in [0.4, 0.5) is 5.13 Å². The summed E-state index contributed by atoms with van der Waals surface area (Å²) < 4.78 is 1.09. The van der Waals surface area contributed by atoms with Crippen LogP contribution in [-0.2, 0) is 5.41 Å². The highest BCUT2D eigenvalue weighted by Crippen LogP contribution is 2.33. The van der Waals surface area contributed by atoms with Gasteiger partial charge in [-0.05, 0) is 17.7 Å². The highest BCUT2D eigenvalue weighted by Gasteiger charge is 2.25. The van der Waals surface area contributed by atoms with Crippen molar-refractivity contribution in [2.24, 2.45) is 0 Å². The molecule has 1 aromatic carbocycles. The molecule has 0 saturated carbocycles. The molecule has 0 radical (unpaired) electrons. The first-order valence-electron chi connectivity index (χ1n) is 4.97. The van der Waals surface area contributed by atoms with Crippen LogP contribution >= 0.6 is 27.3 Å². The van der Waals surface area contributed by atoms with Gasteiger partial charge in [-0.25, -0.2) is 4.98 Å². The maximum atomic E-state index is 5.68. The Hall–Kier alpha value is -0.870. The molecule has 2 nitrogen and oxygen atoms in total. The van der Waals surface area contributed by atoms with Gasteiger partial charge in [0.1, 0.15) is 0 Å². The Labute approximate surface area is 108 Å². The van der Waals surface area contributed by atoms with Gasteiger partial charge in [-0.2, -0.15) is 0 Å². The standard InChI is InChI=1S/C12H13BrN2S/c1-12(2,10-7-16-11(14)15-10)8-3-5-9(13)6-4-8/h3-7H,1-2H3,(H2,14,15). The molecule has 84 valence electrons. The number of hydrogen-bond acceptors (Lipinski definition) is 3. The lowest BCUT2D eigenvalue weighted by molar-refractivity contribution is 0.622. The number of nitrogens with zero attached hydrogens (tertiary/aromatic N) is 1. The molecule has 2 rings (SSSR count). The van der Waals surface area contributed by atoms with Crippen molar-refractivity contribution in [1.82, 2.24) is 4.98 Å². The number of benzene rings is 1. The predicted molar refractivity (Wildman–Crippen MR) is 72.8 cm³/mol. The lowest BCUT2D eigenvalue weighted by Crippen LogP contribution is -2.19. The van der Waals surface area contributed by atoms with E-state index in [1.54, 1.807) is 0 Å². The first kappa shape index (κ1) is 11.6. The molecule has 0 amide bonds. The highest BCUT2D eigenvalue weighted by atomic mass is 79.9. The van der Waals surface area contributed by atoms with Crippen LogP contribution in [0.3, 0.4) is 0 Å². The quantitative estimate of drug-likeness (QED) is 0.915. The number of nitrogens with two attached hydrogens (primary N) is 1. The van der Waals surface area contributed by atoms with Crippen LogP contribution in [-0.4, -0.2) is 4.98 Å². The molecule has 0 fully saturated rings. The van der Waals surface area contributed by atoms with Gasteiger partial charge in [-0.15, -0.1) is 11.3 Å². The molecule has 0 saturated heterocycles. The minimum absolute atomic E-state index is 0.102. The fourth-order valence-electron chi connectivity index (χ4n) is 1.59. The van der Waals surface area contributed by atoms with E-state index < -0.39 is 0 Å². The molecule has 0 aliphatic carbocycles. The molecule has 1 heterocycles. The monoisotopic (exact) mass is 296 g/mol. The van der Waals surface area contributed by atoms with Crippen molar-refractivity contribution in [3.05, 3.63) is 45.4 Å². The van der Waals surface area contributed by atoms with Crippen molar-refractivity contribution in [2.75, 3.05) is 5.73 Å². The third-order valence-corrected chi connectivity index (χ3v) is 3.93. The zero-order chi connectivity index (χ0) is 11.8. The van der Waals surface area contributed by atoms with Crippen molar-refractivity contribution in [2.45, 2.75) is 19.3 Å². The first-order chi connectivity index (χ1) is 7.50. The fourth-order valence-corrected chi connectivity index (χ4v) is 2.58. The van der Waals surface area contributed by atoms with Gasteiger partial charge in [0.05, 0.1) is 5.69 Å². The number of hydrogen-bond donors (Lipinski definition) is 1. The summed E-state index contributed by atoms with van der Waals surface area (Å²) in [6, 6.07) is 8.32. The molecular formula is C12H13BrN2S. The van der Waals surface area contributed by atoms with Crippen LogP contribution in [0, 0.1) is 0 Å². The van der Waals surface area contributed by atoms with Crippen LogP contribution < -0.4 is 5.73 Å². The Morgan fingerprint density at radius 3 is 2.38 bits per heavy atom. The molecule has 0 spiro atoms.